The molecule has 0 saturated carbocycles. The third kappa shape index (κ3) is 8.13. The number of ether oxygens (including phenoxy) is 1. The van der Waals surface area contributed by atoms with Gasteiger partial charge >= 0.3 is 6.09 Å². The lowest BCUT2D eigenvalue weighted by Crippen LogP contribution is -2.37. The van der Waals surface area contributed by atoms with Crippen molar-refractivity contribution in [2.24, 2.45) is 0 Å². The van der Waals surface area contributed by atoms with Crippen LogP contribution in [-0.4, -0.2) is 76.5 Å². The van der Waals surface area contributed by atoms with Crippen LogP contribution in [0.15, 0.2) is 53.1 Å². The summed E-state index contributed by atoms with van der Waals surface area (Å²) in [7, 11) is 6.20. The Labute approximate surface area is 237 Å². The number of carbonyl (C=O) groups is 3. The summed E-state index contributed by atoms with van der Waals surface area (Å²) in [6, 6.07) is 4.66. The molecule has 3 heterocycles. The number of likely N-dealkylation sites (N-methyl/N-ethyl adjacent to an activating group) is 1. The molecule has 0 bridgehead atoms. The lowest BCUT2D eigenvalue weighted by molar-refractivity contribution is -0.125. The molecule has 0 spiro atoms. The third-order valence-corrected chi connectivity index (χ3v) is 5.95. The minimum Gasteiger partial charge on any atom is -0.436 e. The zero-order valence-corrected chi connectivity index (χ0v) is 24.0. The maximum Gasteiger partial charge on any atom is 0.410 e. The SMILES string of the molecule is CC(C)=Cc1ncc(F)c2cc(Cn3cccc(NC(=O)[C@H](CC/C=C/C(=O)N(C)C)OC(=O)N(C)C)c3=O)[nH]c12. The molecule has 41 heavy (non-hydrogen) atoms. The van der Waals surface area contributed by atoms with Crippen LogP contribution >= 0.6 is 0 Å². The minimum atomic E-state index is -1.21. The smallest absolute Gasteiger partial charge is 0.410 e. The minimum absolute atomic E-state index is 0.0177. The fourth-order valence-corrected chi connectivity index (χ4v) is 3.83. The molecule has 12 heteroatoms. The maximum atomic E-state index is 14.5. The van der Waals surface area contributed by atoms with E-state index in [0.717, 1.165) is 11.8 Å². The molecule has 0 aliphatic carbocycles. The Morgan fingerprint density at radius 2 is 1.93 bits per heavy atom. The summed E-state index contributed by atoms with van der Waals surface area (Å²) in [4.78, 5) is 60.2. The highest BCUT2D eigenvalue weighted by molar-refractivity contribution is 5.95. The number of nitrogens with one attached hydrogen (secondary N) is 2. The van der Waals surface area contributed by atoms with Crippen LogP contribution in [-0.2, 0) is 20.9 Å². The molecule has 3 aromatic heterocycles. The topological polar surface area (TPSA) is 130 Å². The number of nitrogens with zero attached hydrogens (tertiary/aromatic N) is 4. The van der Waals surface area contributed by atoms with E-state index in [2.05, 4.69) is 15.3 Å². The molecule has 0 radical (unpaired) electrons. The third-order valence-electron chi connectivity index (χ3n) is 5.95. The van der Waals surface area contributed by atoms with E-state index in [1.165, 1.54) is 40.6 Å². The Balaban J connectivity index is 1.81. The van der Waals surface area contributed by atoms with Crippen molar-refractivity contribution in [2.75, 3.05) is 33.5 Å². The van der Waals surface area contributed by atoms with Gasteiger partial charge in [-0.05, 0) is 57.0 Å². The van der Waals surface area contributed by atoms with Crippen molar-refractivity contribution in [1.82, 2.24) is 24.3 Å². The van der Waals surface area contributed by atoms with Gasteiger partial charge in [-0.2, -0.15) is 0 Å². The van der Waals surface area contributed by atoms with Gasteiger partial charge < -0.3 is 29.4 Å². The van der Waals surface area contributed by atoms with Crippen LogP contribution in [0.3, 0.4) is 0 Å². The molecule has 0 aromatic carbocycles. The molecule has 1 atom stereocenters. The first-order chi connectivity index (χ1) is 19.4. The number of fused-ring (bicyclic) bond motifs is 1. The molecular weight excluding hydrogens is 531 g/mol. The highest BCUT2D eigenvalue weighted by atomic mass is 19.1. The highest BCUT2D eigenvalue weighted by Gasteiger charge is 2.24. The van der Waals surface area contributed by atoms with E-state index in [-0.39, 0.29) is 31.0 Å². The van der Waals surface area contributed by atoms with E-state index < -0.39 is 29.5 Å². The Bertz CT molecular complexity index is 1550. The molecule has 3 aromatic rings. The normalized spacial score (nSPS) is 11.8. The van der Waals surface area contributed by atoms with Gasteiger partial charge in [-0.15, -0.1) is 0 Å². The van der Waals surface area contributed by atoms with E-state index >= 15 is 0 Å². The summed E-state index contributed by atoms with van der Waals surface area (Å²) in [5.74, 6) is -1.39. The molecule has 218 valence electrons. The van der Waals surface area contributed by atoms with Crippen LogP contribution in [0.25, 0.3) is 17.0 Å². The van der Waals surface area contributed by atoms with E-state index in [4.69, 9.17) is 4.74 Å². The number of aromatic amines is 1. The van der Waals surface area contributed by atoms with Crippen molar-refractivity contribution in [3.8, 4) is 0 Å². The number of anilines is 1. The Hall–Kier alpha value is -4.74. The van der Waals surface area contributed by atoms with Crippen LogP contribution in [0.2, 0.25) is 0 Å². The predicted octanol–water partition coefficient (Wildman–Crippen LogP) is 3.77. The highest BCUT2D eigenvalue weighted by Crippen LogP contribution is 2.23. The van der Waals surface area contributed by atoms with Crippen molar-refractivity contribution in [3.05, 3.63) is 75.9 Å². The average molecular weight is 567 g/mol. The molecule has 0 unspecified atom stereocenters. The monoisotopic (exact) mass is 566 g/mol. The van der Waals surface area contributed by atoms with Crippen LogP contribution in [0, 0.1) is 5.82 Å². The molecule has 3 amide bonds. The Morgan fingerprint density at radius 3 is 2.59 bits per heavy atom. The summed E-state index contributed by atoms with van der Waals surface area (Å²) in [6.45, 7) is 3.90. The first kappa shape index (κ1) is 30.8. The summed E-state index contributed by atoms with van der Waals surface area (Å²) in [5.41, 5.74) is 2.14. The van der Waals surface area contributed by atoms with Gasteiger partial charge in [0.15, 0.2) is 11.9 Å². The summed E-state index contributed by atoms with van der Waals surface area (Å²) >= 11 is 0. The van der Waals surface area contributed by atoms with E-state index in [9.17, 15) is 23.6 Å². The second-order valence-electron chi connectivity index (χ2n) is 10.1. The van der Waals surface area contributed by atoms with Gasteiger partial charge in [-0.3, -0.25) is 19.4 Å². The number of hydrogen-bond donors (Lipinski definition) is 2. The number of pyridine rings is 2. The fourth-order valence-electron chi connectivity index (χ4n) is 3.83. The molecule has 0 saturated heterocycles. The molecular formula is C29H35FN6O5. The standard InChI is InChI=1S/C29H35FN6O5/c1-18(2)14-23-26-20(21(30)16-31-23)15-19(32-26)17-36-13-9-10-22(28(36)39)33-27(38)24(41-29(40)35(5)6)11-7-8-12-25(37)34(3)4/h8-10,12-16,24,32H,7,11,17H2,1-6H3,(H,33,38)/b12-8+/t24-/m0/s1. The van der Waals surface area contributed by atoms with Crippen molar-refractivity contribution in [1.29, 1.82) is 0 Å². The van der Waals surface area contributed by atoms with E-state index in [1.54, 1.807) is 38.5 Å². The van der Waals surface area contributed by atoms with Crippen molar-refractivity contribution < 1.29 is 23.5 Å². The van der Waals surface area contributed by atoms with Crippen LogP contribution < -0.4 is 10.9 Å². The van der Waals surface area contributed by atoms with Crippen molar-refractivity contribution >= 4 is 40.6 Å². The average Bonchev–Trinajstić information content (AvgIpc) is 3.34. The molecule has 0 aliphatic rings. The van der Waals surface area contributed by atoms with E-state index in [1.807, 2.05) is 19.9 Å². The molecule has 0 fully saturated rings. The first-order valence-corrected chi connectivity index (χ1v) is 12.9. The van der Waals surface area contributed by atoms with Gasteiger partial charge in [-0.1, -0.05) is 11.6 Å². The van der Waals surface area contributed by atoms with Gasteiger partial charge in [0.25, 0.3) is 11.5 Å². The zero-order chi connectivity index (χ0) is 30.3. The van der Waals surface area contributed by atoms with Crippen LogP contribution in [0.1, 0.15) is 38.1 Å². The maximum absolute atomic E-state index is 14.5. The predicted molar refractivity (Wildman–Crippen MR) is 155 cm³/mol. The number of allylic oxidation sites excluding steroid dienone is 2. The van der Waals surface area contributed by atoms with Gasteiger partial charge in [0, 0.05) is 45.5 Å². The summed E-state index contributed by atoms with van der Waals surface area (Å²) < 4.78 is 21.2. The molecule has 3 rings (SSSR count). The van der Waals surface area contributed by atoms with Gasteiger partial charge in [-0.25, -0.2) is 9.18 Å². The summed E-state index contributed by atoms with van der Waals surface area (Å²) in [5, 5.41) is 2.91. The van der Waals surface area contributed by atoms with Crippen LogP contribution in [0.5, 0.6) is 0 Å². The number of aromatic nitrogens is 3. The van der Waals surface area contributed by atoms with Gasteiger partial charge in [0.2, 0.25) is 5.91 Å². The number of hydrogen-bond acceptors (Lipinski definition) is 6. The number of rotatable bonds is 10. The largest absolute Gasteiger partial charge is 0.436 e. The quantitative estimate of drug-likeness (QED) is 0.360. The molecule has 11 nitrogen and oxygen atoms in total. The molecule has 0 aliphatic heterocycles. The molecule has 2 N–H and O–H groups in total. The first-order valence-electron chi connectivity index (χ1n) is 12.9. The second-order valence-corrected chi connectivity index (χ2v) is 10.1. The van der Waals surface area contributed by atoms with Crippen molar-refractivity contribution in [3.63, 3.8) is 0 Å². The Kier molecular flexibility index (Phi) is 10.2. The summed E-state index contributed by atoms with van der Waals surface area (Å²) in [6.07, 6.45) is 5.92. The number of halogens is 1. The van der Waals surface area contributed by atoms with Crippen LogP contribution in [0.4, 0.5) is 14.9 Å². The number of amides is 3. The zero-order valence-electron chi connectivity index (χ0n) is 24.0. The number of H-pyrrole nitrogens is 1. The van der Waals surface area contributed by atoms with Gasteiger partial charge in [0.05, 0.1) is 24.0 Å². The lowest BCUT2D eigenvalue weighted by Gasteiger charge is -2.19. The Morgan fingerprint density at radius 1 is 1.20 bits per heavy atom. The lowest BCUT2D eigenvalue weighted by atomic mass is 10.1. The second kappa shape index (κ2) is 13.6. The van der Waals surface area contributed by atoms with Crippen molar-refractivity contribution in [2.45, 2.75) is 39.3 Å². The van der Waals surface area contributed by atoms with E-state index in [0.29, 0.717) is 22.3 Å². The van der Waals surface area contributed by atoms with Gasteiger partial charge in [0.1, 0.15) is 5.69 Å². The fraction of sp³-hybridized carbons (Fsp3) is 0.345. The number of carbonyl (C=O) groups excluding carboxylic acids is 3.